The maximum absolute atomic E-state index is 12.1. The maximum atomic E-state index is 12.1. The van der Waals surface area contributed by atoms with Crippen LogP contribution in [0.25, 0.3) is 0 Å². The van der Waals surface area contributed by atoms with Crippen molar-refractivity contribution in [3.05, 3.63) is 35.4 Å². The average molecular weight is 245 g/mol. The molecule has 0 aliphatic rings. The number of nitrogens with one attached hydrogen (secondary N) is 1. The number of alkyl halides is 3. The summed E-state index contributed by atoms with van der Waals surface area (Å²) in [6, 6.07) is 7.36. The van der Waals surface area contributed by atoms with Crippen LogP contribution in [0.5, 0.6) is 0 Å². The molecule has 0 saturated carbocycles. The molecule has 0 bridgehead atoms. The lowest BCUT2D eigenvalue weighted by Crippen LogP contribution is -2.30. The van der Waals surface area contributed by atoms with Gasteiger partial charge in [-0.15, -0.1) is 0 Å². The van der Waals surface area contributed by atoms with E-state index >= 15 is 0 Å². The molecule has 0 heterocycles. The van der Waals surface area contributed by atoms with E-state index in [4.69, 9.17) is 0 Å². The van der Waals surface area contributed by atoms with Gasteiger partial charge >= 0.3 is 6.18 Å². The van der Waals surface area contributed by atoms with Gasteiger partial charge in [-0.05, 0) is 24.5 Å². The number of rotatable bonds is 5. The lowest BCUT2D eigenvalue weighted by Gasteiger charge is -2.15. The SMILES string of the molecule is CCc1ccc(CNC(C)CC(F)(F)F)cc1. The third-order valence-electron chi connectivity index (χ3n) is 2.62. The zero-order valence-electron chi connectivity index (χ0n) is 10.1. The van der Waals surface area contributed by atoms with Crippen LogP contribution in [0.1, 0.15) is 31.4 Å². The first-order valence-electron chi connectivity index (χ1n) is 5.78. The second-order valence-electron chi connectivity index (χ2n) is 4.27. The summed E-state index contributed by atoms with van der Waals surface area (Å²) in [7, 11) is 0. The molecule has 0 aliphatic carbocycles. The van der Waals surface area contributed by atoms with Crippen LogP contribution in [0.3, 0.4) is 0 Å². The minimum Gasteiger partial charge on any atom is -0.310 e. The second-order valence-corrected chi connectivity index (χ2v) is 4.27. The van der Waals surface area contributed by atoms with E-state index in [9.17, 15) is 13.2 Å². The molecule has 96 valence electrons. The molecule has 0 saturated heterocycles. The Bertz CT molecular complexity index is 330. The van der Waals surface area contributed by atoms with Gasteiger partial charge in [-0.3, -0.25) is 0 Å². The van der Waals surface area contributed by atoms with E-state index in [1.54, 1.807) is 6.92 Å². The summed E-state index contributed by atoms with van der Waals surface area (Å²) >= 11 is 0. The Morgan fingerprint density at radius 3 is 2.12 bits per heavy atom. The maximum Gasteiger partial charge on any atom is 0.390 e. The monoisotopic (exact) mass is 245 g/mol. The zero-order chi connectivity index (χ0) is 12.9. The zero-order valence-corrected chi connectivity index (χ0v) is 10.1. The van der Waals surface area contributed by atoms with Crippen LogP contribution in [0.4, 0.5) is 13.2 Å². The molecular weight excluding hydrogens is 227 g/mol. The van der Waals surface area contributed by atoms with Crippen molar-refractivity contribution in [1.29, 1.82) is 0 Å². The average Bonchev–Trinajstić information content (AvgIpc) is 2.25. The number of benzene rings is 1. The second kappa shape index (κ2) is 6.05. The van der Waals surface area contributed by atoms with Gasteiger partial charge in [0.1, 0.15) is 0 Å². The van der Waals surface area contributed by atoms with Crippen molar-refractivity contribution >= 4 is 0 Å². The van der Waals surface area contributed by atoms with Crippen LogP contribution in [0, 0.1) is 0 Å². The smallest absolute Gasteiger partial charge is 0.310 e. The third-order valence-corrected chi connectivity index (χ3v) is 2.62. The molecular formula is C13H18F3N. The molecule has 0 aromatic heterocycles. The molecule has 1 atom stereocenters. The number of hydrogen-bond donors (Lipinski definition) is 1. The van der Waals surface area contributed by atoms with Crippen molar-refractivity contribution in [3.8, 4) is 0 Å². The van der Waals surface area contributed by atoms with E-state index in [2.05, 4.69) is 12.2 Å². The molecule has 4 heteroatoms. The van der Waals surface area contributed by atoms with E-state index in [-0.39, 0.29) is 0 Å². The predicted molar refractivity (Wildman–Crippen MR) is 62.8 cm³/mol. The molecule has 1 aromatic carbocycles. The van der Waals surface area contributed by atoms with Gasteiger partial charge in [0.05, 0.1) is 6.42 Å². The first-order valence-corrected chi connectivity index (χ1v) is 5.78. The Balaban J connectivity index is 2.39. The fraction of sp³-hybridized carbons (Fsp3) is 0.538. The summed E-state index contributed by atoms with van der Waals surface area (Å²) in [5.41, 5.74) is 2.24. The quantitative estimate of drug-likeness (QED) is 0.834. The van der Waals surface area contributed by atoms with Crippen molar-refractivity contribution in [2.75, 3.05) is 0 Å². The van der Waals surface area contributed by atoms with Crippen molar-refractivity contribution in [1.82, 2.24) is 5.32 Å². The fourth-order valence-corrected chi connectivity index (χ4v) is 1.60. The molecule has 1 N–H and O–H groups in total. The van der Waals surface area contributed by atoms with Crippen LogP contribution in [0.15, 0.2) is 24.3 Å². The Morgan fingerprint density at radius 2 is 1.65 bits per heavy atom. The van der Waals surface area contributed by atoms with Crippen molar-refractivity contribution < 1.29 is 13.2 Å². The number of halogens is 3. The van der Waals surface area contributed by atoms with Crippen molar-refractivity contribution in [2.24, 2.45) is 0 Å². The lowest BCUT2D eigenvalue weighted by atomic mass is 10.1. The Labute approximate surface area is 100 Å². The topological polar surface area (TPSA) is 12.0 Å². The summed E-state index contributed by atoms with van der Waals surface area (Å²) in [4.78, 5) is 0. The molecule has 17 heavy (non-hydrogen) atoms. The molecule has 1 aromatic rings. The predicted octanol–water partition coefficient (Wildman–Crippen LogP) is 3.68. The Kier molecular flexibility index (Phi) is 5.00. The summed E-state index contributed by atoms with van der Waals surface area (Å²) in [5, 5.41) is 2.87. The van der Waals surface area contributed by atoms with Crippen LogP contribution >= 0.6 is 0 Å². The van der Waals surface area contributed by atoms with Gasteiger partial charge in [0, 0.05) is 12.6 Å². The van der Waals surface area contributed by atoms with E-state index in [0.717, 1.165) is 12.0 Å². The fourth-order valence-electron chi connectivity index (χ4n) is 1.60. The van der Waals surface area contributed by atoms with E-state index < -0.39 is 18.6 Å². The van der Waals surface area contributed by atoms with Gasteiger partial charge < -0.3 is 5.32 Å². The van der Waals surface area contributed by atoms with Gasteiger partial charge in [0.15, 0.2) is 0 Å². The van der Waals surface area contributed by atoms with Crippen LogP contribution in [0.2, 0.25) is 0 Å². The number of aryl methyl sites for hydroxylation is 1. The van der Waals surface area contributed by atoms with Crippen molar-refractivity contribution in [3.63, 3.8) is 0 Å². The first-order chi connectivity index (χ1) is 7.90. The summed E-state index contributed by atoms with van der Waals surface area (Å²) < 4.78 is 36.3. The molecule has 0 aliphatic heterocycles. The van der Waals surface area contributed by atoms with Crippen molar-refractivity contribution in [2.45, 2.75) is 45.5 Å². The number of hydrogen-bond acceptors (Lipinski definition) is 1. The Morgan fingerprint density at radius 1 is 1.12 bits per heavy atom. The Hall–Kier alpha value is -1.03. The normalized spacial score (nSPS) is 13.7. The van der Waals surface area contributed by atoms with E-state index in [1.165, 1.54) is 5.56 Å². The van der Waals surface area contributed by atoms with Crippen LogP contribution in [-0.4, -0.2) is 12.2 Å². The lowest BCUT2D eigenvalue weighted by molar-refractivity contribution is -0.139. The minimum atomic E-state index is -4.10. The summed E-state index contributed by atoms with van der Waals surface area (Å²) in [6.45, 7) is 4.09. The largest absolute Gasteiger partial charge is 0.390 e. The van der Waals surface area contributed by atoms with Gasteiger partial charge in [-0.25, -0.2) is 0 Å². The standard InChI is InChI=1S/C13H18F3N/c1-3-11-4-6-12(7-5-11)9-17-10(2)8-13(14,15)16/h4-7,10,17H,3,8-9H2,1-2H3. The summed E-state index contributed by atoms with van der Waals surface area (Å²) in [5.74, 6) is 0. The van der Waals surface area contributed by atoms with Crippen LogP contribution in [-0.2, 0) is 13.0 Å². The van der Waals surface area contributed by atoms with E-state index in [0.29, 0.717) is 6.54 Å². The summed E-state index contributed by atoms with van der Waals surface area (Å²) in [6.07, 6.45) is -3.92. The van der Waals surface area contributed by atoms with Gasteiger partial charge in [-0.2, -0.15) is 13.2 Å². The molecule has 0 amide bonds. The highest BCUT2D eigenvalue weighted by Gasteiger charge is 2.29. The van der Waals surface area contributed by atoms with Gasteiger partial charge in [0.25, 0.3) is 0 Å². The van der Waals surface area contributed by atoms with E-state index in [1.807, 2.05) is 24.3 Å². The molecule has 0 spiro atoms. The highest BCUT2D eigenvalue weighted by Crippen LogP contribution is 2.21. The molecule has 1 rings (SSSR count). The van der Waals surface area contributed by atoms with Gasteiger partial charge in [0.2, 0.25) is 0 Å². The minimum absolute atomic E-state index is 0.473. The molecule has 1 nitrogen and oxygen atoms in total. The molecule has 1 unspecified atom stereocenters. The molecule has 0 radical (unpaired) electrons. The molecule has 0 fully saturated rings. The highest BCUT2D eigenvalue weighted by molar-refractivity contribution is 5.22. The third kappa shape index (κ3) is 5.73. The highest BCUT2D eigenvalue weighted by atomic mass is 19.4. The first kappa shape index (κ1) is 14.0. The van der Waals surface area contributed by atoms with Gasteiger partial charge in [-0.1, -0.05) is 31.2 Å². The van der Waals surface area contributed by atoms with Crippen LogP contribution < -0.4 is 5.32 Å².